The van der Waals surface area contributed by atoms with Gasteiger partial charge in [-0.3, -0.25) is 4.79 Å². The summed E-state index contributed by atoms with van der Waals surface area (Å²) in [5.41, 5.74) is 3.24. The zero-order valence-corrected chi connectivity index (χ0v) is 14.3. The van der Waals surface area contributed by atoms with Gasteiger partial charge in [0, 0.05) is 36.4 Å². The van der Waals surface area contributed by atoms with Crippen LogP contribution >= 0.6 is 0 Å². The van der Waals surface area contributed by atoms with Crippen molar-refractivity contribution in [2.75, 3.05) is 30.0 Å². The highest BCUT2D eigenvalue weighted by Gasteiger charge is 2.29. The standard InChI is InChI=1S/C20H22N2O3/c1-14-12-15-4-2-3-5-17(15)22(14)20(23)8-9-21-16-6-7-18-19(13-16)25-11-10-24-18/h2-7,13-14,21H,8-12H2,1H3. The van der Waals surface area contributed by atoms with Gasteiger partial charge in [-0.1, -0.05) is 18.2 Å². The first kappa shape index (κ1) is 15.8. The van der Waals surface area contributed by atoms with E-state index in [9.17, 15) is 4.79 Å². The smallest absolute Gasteiger partial charge is 0.229 e. The molecule has 0 fully saturated rings. The van der Waals surface area contributed by atoms with Crippen LogP contribution in [0.1, 0.15) is 18.9 Å². The van der Waals surface area contributed by atoms with Crippen molar-refractivity contribution >= 4 is 17.3 Å². The van der Waals surface area contributed by atoms with Gasteiger partial charge in [0.1, 0.15) is 13.2 Å². The minimum absolute atomic E-state index is 0.155. The first-order chi connectivity index (χ1) is 12.2. The fraction of sp³-hybridized carbons (Fsp3) is 0.350. The van der Waals surface area contributed by atoms with Gasteiger partial charge in [-0.05, 0) is 37.1 Å². The molecule has 130 valence electrons. The van der Waals surface area contributed by atoms with Gasteiger partial charge in [0.15, 0.2) is 11.5 Å². The first-order valence-electron chi connectivity index (χ1n) is 8.76. The molecular weight excluding hydrogens is 316 g/mol. The molecule has 0 aliphatic carbocycles. The molecule has 2 aromatic rings. The Balaban J connectivity index is 1.37. The molecule has 2 aliphatic rings. The highest BCUT2D eigenvalue weighted by Crippen LogP contribution is 2.33. The van der Waals surface area contributed by atoms with Crippen LogP contribution in [0.4, 0.5) is 11.4 Å². The molecule has 5 nitrogen and oxygen atoms in total. The topological polar surface area (TPSA) is 50.8 Å². The van der Waals surface area contributed by atoms with E-state index in [2.05, 4.69) is 18.3 Å². The average Bonchev–Trinajstić information content (AvgIpc) is 2.97. The molecule has 5 heteroatoms. The van der Waals surface area contributed by atoms with Crippen LogP contribution in [-0.4, -0.2) is 31.7 Å². The molecule has 1 amide bonds. The number of fused-ring (bicyclic) bond motifs is 2. The fourth-order valence-corrected chi connectivity index (χ4v) is 3.53. The Bertz CT molecular complexity index is 790. The molecule has 0 saturated heterocycles. The minimum Gasteiger partial charge on any atom is -0.486 e. The van der Waals surface area contributed by atoms with E-state index in [0.29, 0.717) is 26.2 Å². The molecule has 0 radical (unpaired) electrons. The number of hydrogen-bond donors (Lipinski definition) is 1. The number of benzene rings is 2. The van der Waals surface area contributed by atoms with Crippen molar-refractivity contribution in [1.29, 1.82) is 0 Å². The fourth-order valence-electron chi connectivity index (χ4n) is 3.53. The maximum absolute atomic E-state index is 12.7. The predicted octanol–water partition coefficient (Wildman–Crippen LogP) is 3.24. The van der Waals surface area contributed by atoms with Gasteiger partial charge < -0.3 is 19.7 Å². The third-order valence-electron chi connectivity index (χ3n) is 4.69. The van der Waals surface area contributed by atoms with Gasteiger partial charge in [0.2, 0.25) is 5.91 Å². The predicted molar refractivity (Wildman–Crippen MR) is 97.6 cm³/mol. The minimum atomic E-state index is 0.155. The molecule has 1 atom stereocenters. The van der Waals surface area contributed by atoms with Crippen LogP contribution in [0.5, 0.6) is 11.5 Å². The van der Waals surface area contributed by atoms with Crippen LogP contribution in [0.25, 0.3) is 0 Å². The summed E-state index contributed by atoms with van der Waals surface area (Å²) in [7, 11) is 0. The highest BCUT2D eigenvalue weighted by atomic mass is 16.6. The Labute approximate surface area is 147 Å². The van der Waals surface area contributed by atoms with Crippen LogP contribution in [0.3, 0.4) is 0 Å². The first-order valence-corrected chi connectivity index (χ1v) is 8.76. The van der Waals surface area contributed by atoms with Crippen molar-refractivity contribution < 1.29 is 14.3 Å². The SMILES string of the molecule is CC1Cc2ccccc2N1C(=O)CCNc1ccc2c(c1)OCCO2. The van der Waals surface area contributed by atoms with Crippen molar-refractivity contribution in [2.45, 2.75) is 25.8 Å². The number of amides is 1. The van der Waals surface area contributed by atoms with Crippen LogP contribution in [0, 0.1) is 0 Å². The summed E-state index contributed by atoms with van der Waals surface area (Å²) in [5.74, 6) is 1.68. The number of ether oxygens (including phenoxy) is 2. The summed E-state index contributed by atoms with van der Waals surface area (Å²) >= 11 is 0. The lowest BCUT2D eigenvalue weighted by atomic mass is 10.1. The third-order valence-corrected chi connectivity index (χ3v) is 4.69. The average molecular weight is 338 g/mol. The maximum Gasteiger partial charge on any atom is 0.229 e. The second kappa shape index (κ2) is 6.67. The van der Waals surface area contributed by atoms with E-state index >= 15 is 0 Å². The monoisotopic (exact) mass is 338 g/mol. The highest BCUT2D eigenvalue weighted by molar-refractivity contribution is 5.96. The Morgan fingerprint density at radius 3 is 2.84 bits per heavy atom. The summed E-state index contributed by atoms with van der Waals surface area (Å²) in [4.78, 5) is 14.6. The quantitative estimate of drug-likeness (QED) is 0.930. The second-order valence-corrected chi connectivity index (χ2v) is 6.48. The molecule has 0 spiro atoms. The molecule has 2 aromatic carbocycles. The lowest BCUT2D eigenvalue weighted by molar-refractivity contribution is -0.118. The lowest BCUT2D eigenvalue weighted by Gasteiger charge is -2.23. The Morgan fingerprint density at radius 2 is 1.96 bits per heavy atom. The number of anilines is 2. The van der Waals surface area contributed by atoms with Crippen LogP contribution in [-0.2, 0) is 11.2 Å². The summed E-state index contributed by atoms with van der Waals surface area (Å²) < 4.78 is 11.1. The van der Waals surface area contributed by atoms with E-state index in [1.165, 1.54) is 5.56 Å². The van der Waals surface area contributed by atoms with Gasteiger partial charge in [-0.25, -0.2) is 0 Å². The van der Waals surface area contributed by atoms with Gasteiger partial charge in [0.05, 0.1) is 0 Å². The van der Waals surface area contributed by atoms with E-state index in [-0.39, 0.29) is 11.9 Å². The van der Waals surface area contributed by atoms with E-state index in [1.54, 1.807) is 0 Å². The van der Waals surface area contributed by atoms with E-state index in [1.807, 2.05) is 41.3 Å². The summed E-state index contributed by atoms with van der Waals surface area (Å²) in [6.45, 7) is 3.85. The van der Waals surface area contributed by atoms with E-state index in [4.69, 9.17) is 9.47 Å². The van der Waals surface area contributed by atoms with Crippen LogP contribution in [0.2, 0.25) is 0 Å². The molecule has 1 unspecified atom stereocenters. The van der Waals surface area contributed by atoms with Gasteiger partial charge in [-0.15, -0.1) is 0 Å². The molecule has 25 heavy (non-hydrogen) atoms. The maximum atomic E-state index is 12.7. The number of nitrogens with one attached hydrogen (secondary N) is 1. The number of hydrogen-bond acceptors (Lipinski definition) is 4. The molecule has 2 heterocycles. The zero-order valence-electron chi connectivity index (χ0n) is 14.3. The van der Waals surface area contributed by atoms with E-state index in [0.717, 1.165) is 29.3 Å². The van der Waals surface area contributed by atoms with Crippen LogP contribution in [0.15, 0.2) is 42.5 Å². The number of carbonyl (C=O) groups is 1. The van der Waals surface area contributed by atoms with Crippen LogP contribution < -0.4 is 19.7 Å². The largest absolute Gasteiger partial charge is 0.486 e. The Morgan fingerprint density at radius 1 is 1.16 bits per heavy atom. The van der Waals surface area contributed by atoms with Gasteiger partial charge in [0.25, 0.3) is 0 Å². The molecule has 1 N–H and O–H groups in total. The number of rotatable bonds is 4. The van der Waals surface area contributed by atoms with Gasteiger partial charge in [-0.2, -0.15) is 0 Å². The summed E-state index contributed by atoms with van der Waals surface area (Å²) in [6, 6.07) is 14.2. The third kappa shape index (κ3) is 3.14. The molecule has 0 bridgehead atoms. The molecule has 0 aromatic heterocycles. The summed E-state index contributed by atoms with van der Waals surface area (Å²) in [6.07, 6.45) is 1.38. The Kier molecular flexibility index (Phi) is 4.22. The zero-order chi connectivity index (χ0) is 17.2. The van der Waals surface area contributed by atoms with Gasteiger partial charge >= 0.3 is 0 Å². The van der Waals surface area contributed by atoms with Crippen molar-refractivity contribution in [3.8, 4) is 11.5 Å². The molecule has 2 aliphatic heterocycles. The normalized spacial score (nSPS) is 18.0. The lowest BCUT2D eigenvalue weighted by Crippen LogP contribution is -2.36. The number of nitrogens with zero attached hydrogens (tertiary/aromatic N) is 1. The van der Waals surface area contributed by atoms with E-state index < -0.39 is 0 Å². The molecular formula is C20H22N2O3. The summed E-state index contributed by atoms with van der Waals surface area (Å²) in [5, 5.41) is 3.30. The van der Waals surface area contributed by atoms with Crippen molar-refractivity contribution in [3.05, 3.63) is 48.0 Å². The van der Waals surface area contributed by atoms with Crippen molar-refractivity contribution in [2.24, 2.45) is 0 Å². The Hall–Kier alpha value is -2.69. The second-order valence-electron chi connectivity index (χ2n) is 6.48. The molecule has 0 saturated carbocycles. The number of carbonyl (C=O) groups excluding carboxylic acids is 1. The van der Waals surface area contributed by atoms with Crippen molar-refractivity contribution in [1.82, 2.24) is 0 Å². The molecule has 4 rings (SSSR count). The van der Waals surface area contributed by atoms with Crippen molar-refractivity contribution in [3.63, 3.8) is 0 Å². The number of para-hydroxylation sites is 1.